The van der Waals surface area contributed by atoms with Crippen LogP contribution in [0.15, 0.2) is 15.0 Å². The van der Waals surface area contributed by atoms with Crippen LogP contribution in [0, 0.1) is 5.82 Å². The molecular weight excluding hydrogens is 435 g/mol. The molecule has 0 nitrogen and oxygen atoms in total. The molecule has 0 bridgehead atoms. The highest BCUT2D eigenvalue weighted by molar-refractivity contribution is 9.11. The molecule has 5 heteroatoms. The minimum Gasteiger partial charge on any atom is -0.206 e. The highest BCUT2D eigenvalue weighted by atomic mass is 79.9. The second-order valence-electron chi connectivity index (χ2n) is 2.38. The van der Waals surface area contributed by atoms with E-state index in [2.05, 4.69) is 63.7 Å². The zero-order chi connectivity index (χ0) is 10.0. The van der Waals surface area contributed by atoms with Crippen LogP contribution in [0.5, 0.6) is 0 Å². The Hall–Kier alpha value is 1.07. The van der Waals surface area contributed by atoms with Crippen LogP contribution in [0.4, 0.5) is 4.39 Å². The van der Waals surface area contributed by atoms with Crippen LogP contribution in [-0.2, 0) is 10.7 Å². The Morgan fingerprint density at radius 2 is 1.38 bits per heavy atom. The molecule has 0 aromatic heterocycles. The van der Waals surface area contributed by atoms with Crippen molar-refractivity contribution in [3.63, 3.8) is 0 Å². The summed E-state index contributed by atoms with van der Waals surface area (Å²) in [5, 5.41) is 1.01. The van der Waals surface area contributed by atoms with Gasteiger partial charge in [0.15, 0.2) is 0 Å². The topological polar surface area (TPSA) is 0 Å². The van der Waals surface area contributed by atoms with Gasteiger partial charge in [-0.2, -0.15) is 0 Å². The SMILES string of the molecule is Fc1c(CBr)c(Br)cc(Br)c1CBr. The molecule has 0 radical (unpaired) electrons. The Labute approximate surface area is 110 Å². The van der Waals surface area contributed by atoms with Crippen molar-refractivity contribution in [3.8, 4) is 0 Å². The lowest BCUT2D eigenvalue weighted by atomic mass is 10.1. The first-order chi connectivity index (χ1) is 6.11. The van der Waals surface area contributed by atoms with E-state index >= 15 is 0 Å². The zero-order valence-electron chi connectivity index (χ0n) is 6.38. The highest BCUT2D eigenvalue weighted by Crippen LogP contribution is 2.32. The molecule has 72 valence electrons. The first-order valence-corrected chi connectivity index (χ1v) is 7.21. The van der Waals surface area contributed by atoms with Crippen molar-refractivity contribution >= 4 is 63.7 Å². The van der Waals surface area contributed by atoms with Crippen LogP contribution in [-0.4, -0.2) is 0 Å². The first-order valence-electron chi connectivity index (χ1n) is 3.39. The van der Waals surface area contributed by atoms with Crippen LogP contribution < -0.4 is 0 Å². The summed E-state index contributed by atoms with van der Waals surface area (Å²) in [6.45, 7) is 0. The number of rotatable bonds is 2. The van der Waals surface area contributed by atoms with Gasteiger partial charge in [0.25, 0.3) is 0 Å². The molecule has 1 rings (SSSR count). The third-order valence-electron chi connectivity index (χ3n) is 1.63. The largest absolute Gasteiger partial charge is 0.206 e. The fourth-order valence-corrected chi connectivity index (χ4v) is 4.16. The van der Waals surface area contributed by atoms with Gasteiger partial charge in [-0.25, -0.2) is 4.39 Å². The number of benzene rings is 1. The van der Waals surface area contributed by atoms with Gasteiger partial charge in [-0.3, -0.25) is 0 Å². The Kier molecular flexibility index (Phi) is 4.89. The van der Waals surface area contributed by atoms with E-state index < -0.39 is 0 Å². The van der Waals surface area contributed by atoms with Gasteiger partial charge in [0.2, 0.25) is 0 Å². The quantitative estimate of drug-likeness (QED) is 0.560. The van der Waals surface area contributed by atoms with Gasteiger partial charge in [0.1, 0.15) is 5.82 Å². The van der Waals surface area contributed by atoms with E-state index in [9.17, 15) is 4.39 Å². The monoisotopic (exact) mass is 436 g/mol. The third kappa shape index (κ3) is 2.55. The zero-order valence-corrected chi connectivity index (χ0v) is 12.7. The number of halogens is 5. The molecule has 0 heterocycles. The first kappa shape index (κ1) is 12.1. The lowest BCUT2D eigenvalue weighted by molar-refractivity contribution is 0.605. The van der Waals surface area contributed by atoms with E-state index in [4.69, 9.17) is 0 Å². The van der Waals surface area contributed by atoms with Crippen molar-refractivity contribution in [2.45, 2.75) is 10.7 Å². The predicted molar refractivity (Wildman–Crippen MR) is 67.1 cm³/mol. The lowest BCUT2D eigenvalue weighted by Gasteiger charge is -2.08. The van der Waals surface area contributed by atoms with Crippen molar-refractivity contribution < 1.29 is 4.39 Å². The van der Waals surface area contributed by atoms with Crippen LogP contribution in [0.2, 0.25) is 0 Å². The molecule has 0 spiro atoms. The molecule has 0 atom stereocenters. The Morgan fingerprint density at radius 1 is 1.00 bits per heavy atom. The van der Waals surface area contributed by atoms with Crippen molar-refractivity contribution in [3.05, 3.63) is 32.0 Å². The molecule has 0 unspecified atom stereocenters. The second kappa shape index (κ2) is 5.24. The van der Waals surface area contributed by atoms with E-state index in [1.807, 2.05) is 6.07 Å². The summed E-state index contributed by atoms with van der Waals surface area (Å²) in [7, 11) is 0. The molecule has 0 aliphatic carbocycles. The molecule has 0 aliphatic heterocycles. The van der Waals surface area contributed by atoms with Crippen molar-refractivity contribution in [1.82, 2.24) is 0 Å². The maximum absolute atomic E-state index is 13.7. The standard InChI is InChI=1S/C8H5Br4F/c9-2-4-6(11)1-7(12)5(3-10)8(4)13/h1H,2-3H2. The third-order valence-corrected chi connectivity index (χ3v) is 4.16. The van der Waals surface area contributed by atoms with Crippen molar-refractivity contribution in [1.29, 1.82) is 0 Å². The van der Waals surface area contributed by atoms with Gasteiger partial charge in [-0.05, 0) is 6.07 Å². The van der Waals surface area contributed by atoms with Crippen LogP contribution >= 0.6 is 63.7 Å². The smallest absolute Gasteiger partial charge is 0.133 e. The van der Waals surface area contributed by atoms with E-state index in [0.717, 1.165) is 8.95 Å². The summed E-state index contributed by atoms with van der Waals surface area (Å²) in [4.78, 5) is 0. The Balaban J connectivity index is 3.39. The van der Waals surface area contributed by atoms with E-state index in [1.54, 1.807) is 0 Å². The van der Waals surface area contributed by atoms with E-state index in [0.29, 0.717) is 21.8 Å². The Bertz CT molecular complexity index is 296. The van der Waals surface area contributed by atoms with Gasteiger partial charge < -0.3 is 0 Å². The molecule has 0 N–H and O–H groups in total. The van der Waals surface area contributed by atoms with Crippen molar-refractivity contribution in [2.75, 3.05) is 0 Å². The fraction of sp³-hybridized carbons (Fsp3) is 0.250. The minimum absolute atomic E-state index is 0.171. The maximum atomic E-state index is 13.7. The van der Waals surface area contributed by atoms with Crippen molar-refractivity contribution in [2.24, 2.45) is 0 Å². The van der Waals surface area contributed by atoms with Gasteiger partial charge in [-0.15, -0.1) is 0 Å². The number of hydrogen-bond donors (Lipinski definition) is 0. The summed E-state index contributed by atoms with van der Waals surface area (Å²) < 4.78 is 15.2. The molecule has 0 aliphatic rings. The predicted octanol–water partition coefficient (Wildman–Crippen LogP) is 5.14. The summed E-state index contributed by atoms with van der Waals surface area (Å²) >= 11 is 13.1. The Morgan fingerprint density at radius 3 is 1.69 bits per heavy atom. The maximum Gasteiger partial charge on any atom is 0.133 e. The summed E-state index contributed by atoms with van der Waals surface area (Å²) in [5.74, 6) is -0.171. The molecule has 1 aromatic carbocycles. The molecule has 0 amide bonds. The molecular formula is C8H5Br4F. The fourth-order valence-electron chi connectivity index (χ4n) is 0.922. The summed E-state index contributed by atoms with van der Waals surface area (Å²) in [5.41, 5.74) is 1.30. The summed E-state index contributed by atoms with van der Waals surface area (Å²) in [6, 6.07) is 1.86. The van der Waals surface area contributed by atoms with Crippen LogP contribution in [0.3, 0.4) is 0 Å². The minimum atomic E-state index is -0.171. The normalized spacial score (nSPS) is 10.5. The van der Waals surface area contributed by atoms with Gasteiger partial charge >= 0.3 is 0 Å². The van der Waals surface area contributed by atoms with Gasteiger partial charge in [-0.1, -0.05) is 63.7 Å². The molecule has 13 heavy (non-hydrogen) atoms. The molecule has 0 saturated heterocycles. The van der Waals surface area contributed by atoms with Crippen LogP contribution in [0.25, 0.3) is 0 Å². The average molecular weight is 440 g/mol. The number of hydrogen-bond acceptors (Lipinski definition) is 0. The van der Waals surface area contributed by atoms with E-state index in [-0.39, 0.29) is 5.82 Å². The average Bonchev–Trinajstić information content (AvgIpc) is 2.04. The lowest BCUT2D eigenvalue weighted by Crippen LogP contribution is -1.95. The van der Waals surface area contributed by atoms with E-state index in [1.165, 1.54) is 0 Å². The molecule has 0 fully saturated rings. The summed E-state index contributed by atoms with van der Waals surface area (Å²) in [6.07, 6.45) is 0. The van der Waals surface area contributed by atoms with Gasteiger partial charge in [0, 0.05) is 30.7 Å². The molecule has 1 aromatic rings. The molecule has 0 saturated carbocycles. The number of alkyl halides is 2. The highest BCUT2D eigenvalue weighted by Gasteiger charge is 2.13. The second-order valence-corrected chi connectivity index (χ2v) is 5.21. The van der Waals surface area contributed by atoms with Crippen LogP contribution in [0.1, 0.15) is 11.1 Å². The van der Waals surface area contributed by atoms with Gasteiger partial charge in [0.05, 0.1) is 0 Å².